The zero-order chi connectivity index (χ0) is 3.54. The summed E-state index contributed by atoms with van der Waals surface area (Å²) in [5, 5.41) is 2.99. The highest BCUT2D eigenvalue weighted by atomic mass is 14.8. The van der Waals surface area contributed by atoms with Crippen LogP contribution in [-0.4, -0.2) is 13.7 Å². The molecular formula is C3H5BN. The van der Waals surface area contributed by atoms with Gasteiger partial charge in [-0.15, -0.1) is 5.98 Å². The first-order chi connectivity index (χ1) is 2.50. The third kappa shape index (κ3) is 0.438. The van der Waals surface area contributed by atoms with Gasteiger partial charge in [0.05, 0.1) is 0 Å². The number of hydrogen-bond donors (Lipinski definition) is 1. The molecule has 2 heteroatoms. The van der Waals surface area contributed by atoms with E-state index < -0.39 is 0 Å². The molecule has 0 spiro atoms. The average Bonchev–Trinajstić information content (AvgIpc) is 1.76. The van der Waals surface area contributed by atoms with Gasteiger partial charge in [0.1, 0.15) is 0 Å². The fourth-order valence-corrected chi connectivity index (χ4v) is 0.340. The molecule has 0 aliphatic carbocycles. The Morgan fingerprint density at radius 2 is 2.80 bits per heavy atom. The minimum Gasteiger partial charge on any atom is -0.400 e. The van der Waals surface area contributed by atoms with Crippen molar-refractivity contribution in [3.05, 3.63) is 12.2 Å². The third-order valence-corrected chi connectivity index (χ3v) is 0.586. The topological polar surface area (TPSA) is 12.0 Å². The minimum absolute atomic E-state index is 1.01. The molecule has 0 unspecified atom stereocenters. The zero-order valence-corrected chi connectivity index (χ0v) is 2.94. The average molecular weight is 65.9 g/mol. The van der Waals surface area contributed by atoms with Gasteiger partial charge in [-0.05, 0) is 12.6 Å². The molecule has 1 rings (SSSR count). The highest BCUT2D eigenvalue weighted by molar-refractivity contribution is 6.43. The summed E-state index contributed by atoms with van der Waals surface area (Å²) in [5.41, 5.74) is 0. The highest BCUT2D eigenvalue weighted by Crippen LogP contribution is 1.71. The van der Waals surface area contributed by atoms with Gasteiger partial charge in [-0.1, -0.05) is 0 Å². The molecule has 0 fully saturated rings. The summed E-state index contributed by atoms with van der Waals surface area (Å²) < 4.78 is 0. The van der Waals surface area contributed by atoms with Gasteiger partial charge in [0.25, 0.3) is 0 Å². The largest absolute Gasteiger partial charge is 0.400 e. The molecule has 1 nitrogen and oxygen atoms in total. The van der Waals surface area contributed by atoms with Crippen LogP contribution < -0.4 is 5.32 Å². The third-order valence-electron chi connectivity index (χ3n) is 0.586. The lowest BCUT2D eigenvalue weighted by atomic mass is 9.82. The number of hydrogen-bond acceptors (Lipinski definition) is 1. The van der Waals surface area contributed by atoms with E-state index in [1.165, 1.54) is 0 Å². The van der Waals surface area contributed by atoms with Crippen molar-refractivity contribution in [1.82, 2.24) is 5.32 Å². The van der Waals surface area contributed by atoms with Gasteiger partial charge in [0.15, 0.2) is 7.28 Å². The van der Waals surface area contributed by atoms with Gasteiger partial charge in [-0.25, -0.2) is 0 Å². The van der Waals surface area contributed by atoms with Crippen LogP contribution in [0.4, 0.5) is 0 Å². The van der Waals surface area contributed by atoms with Gasteiger partial charge in [0.2, 0.25) is 0 Å². The molecular weight excluding hydrogens is 60.9 g/mol. The summed E-state index contributed by atoms with van der Waals surface area (Å²) in [6.45, 7) is 0. The first-order valence-electron chi connectivity index (χ1n) is 1.72. The second-order valence-corrected chi connectivity index (χ2v) is 1.00. The maximum Gasteiger partial charge on any atom is 0.168 e. The first kappa shape index (κ1) is 2.82. The van der Waals surface area contributed by atoms with Crippen LogP contribution in [0.2, 0.25) is 0 Å². The maximum absolute atomic E-state index is 2.99. The van der Waals surface area contributed by atoms with Crippen molar-refractivity contribution < 1.29 is 0 Å². The first-order valence-corrected chi connectivity index (χ1v) is 1.72. The van der Waals surface area contributed by atoms with E-state index in [1.54, 1.807) is 0 Å². The van der Waals surface area contributed by atoms with E-state index >= 15 is 0 Å². The van der Waals surface area contributed by atoms with E-state index in [-0.39, 0.29) is 0 Å². The van der Waals surface area contributed by atoms with Crippen molar-refractivity contribution in [2.24, 2.45) is 0 Å². The SMILES string of the molecule is [B]1C=CNC1. The predicted octanol–water partition coefficient (Wildman–Crippen LogP) is -0.278. The Balaban J connectivity index is 2.32. The molecule has 0 aromatic heterocycles. The highest BCUT2D eigenvalue weighted by Gasteiger charge is 1.85. The Morgan fingerprint density at radius 1 is 1.80 bits per heavy atom. The lowest BCUT2D eigenvalue weighted by molar-refractivity contribution is 1.07. The molecule has 25 valence electrons. The Kier molecular flexibility index (Phi) is 0.651. The predicted molar refractivity (Wildman–Crippen MR) is 22.9 cm³/mol. The molecule has 0 aromatic rings. The van der Waals surface area contributed by atoms with Crippen LogP contribution in [0.3, 0.4) is 0 Å². The molecule has 0 saturated heterocycles. The van der Waals surface area contributed by atoms with Crippen LogP contribution in [0.5, 0.6) is 0 Å². The van der Waals surface area contributed by atoms with Crippen LogP contribution >= 0.6 is 0 Å². The number of rotatable bonds is 0. The van der Waals surface area contributed by atoms with Gasteiger partial charge >= 0.3 is 0 Å². The Bertz CT molecular complexity index is 44.9. The molecule has 0 bridgehead atoms. The van der Waals surface area contributed by atoms with E-state index in [0.717, 1.165) is 6.44 Å². The van der Waals surface area contributed by atoms with Crippen LogP contribution in [0, 0.1) is 0 Å². The molecule has 0 amide bonds. The maximum atomic E-state index is 2.99. The van der Waals surface area contributed by atoms with E-state index in [2.05, 4.69) is 12.6 Å². The quantitative estimate of drug-likeness (QED) is 0.383. The van der Waals surface area contributed by atoms with Gasteiger partial charge in [0, 0.05) is 0 Å². The summed E-state index contributed by atoms with van der Waals surface area (Å²) in [5.74, 6) is 2.00. The van der Waals surface area contributed by atoms with E-state index in [9.17, 15) is 0 Å². The van der Waals surface area contributed by atoms with E-state index in [4.69, 9.17) is 0 Å². The summed E-state index contributed by atoms with van der Waals surface area (Å²) in [6, 6.07) is 0. The minimum atomic E-state index is 1.01. The number of nitrogens with one attached hydrogen (secondary N) is 1. The Morgan fingerprint density at radius 3 is 3.00 bits per heavy atom. The summed E-state index contributed by atoms with van der Waals surface area (Å²) in [6.07, 6.45) is 2.94. The van der Waals surface area contributed by atoms with Gasteiger partial charge in [-0.3, -0.25) is 0 Å². The fourth-order valence-electron chi connectivity index (χ4n) is 0.340. The molecule has 0 aromatic carbocycles. The van der Waals surface area contributed by atoms with Crippen LogP contribution in [0.15, 0.2) is 12.2 Å². The van der Waals surface area contributed by atoms with Crippen molar-refractivity contribution >= 4 is 7.28 Å². The molecule has 0 saturated carbocycles. The van der Waals surface area contributed by atoms with Crippen LogP contribution in [-0.2, 0) is 0 Å². The Labute approximate surface area is 32.3 Å². The van der Waals surface area contributed by atoms with Crippen LogP contribution in [0.1, 0.15) is 0 Å². The lowest BCUT2D eigenvalue weighted by Gasteiger charge is -1.77. The van der Waals surface area contributed by atoms with E-state index in [1.807, 2.05) is 12.2 Å². The van der Waals surface area contributed by atoms with Crippen molar-refractivity contribution in [2.75, 3.05) is 6.44 Å². The standard InChI is InChI=1S/C3H5BN/c1-2-5-3-4-1/h1-2,5H,3H2. The van der Waals surface area contributed by atoms with Crippen LogP contribution in [0.25, 0.3) is 0 Å². The monoisotopic (exact) mass is 66.1 g/mol. The molecule has 0 atom stereocenters. The van der Waals surface area contributed by atoms with Gasteiger partial charge < -0.3 is 5.32 Å². The van der Waals surface area contributed by atoms with Gasteiger partial charge in [-0.2, -0.15) is 0 Å². The molecule has 1 heterocycles. The Hall–Kier alpha value is -0.395. The molecule has 1 N–H and O–H groups in total. The molecule has 1 aliphatic heterocycles. The van der Waals surface area contributed by atoms with Crippen molar-refractivity contribution in [2.45, 2.75) is 0 Å². The second kappa shape index (κ2) is 1.15. The zero-order valence-electron chi connectivity index (χ0n) is 2.94. The van der Waals surface area contributed by atoms with Crippen molar-refractivity contribution in [3.8, 4) is 0 Å². The van der Waals surface area contributed by atoms with Crippen molar-refractivity contribution in [3.63, 3.8) is 0 Å². The summed E-state index contributed by atoms with van der Waals surface area (Å²) >= 11 is 0. The smallest absolute Gasteiger partial charge is 0.168 e. The fraction of sp³-hybridized carbons (Fsp3) is 0.333. The molecule has 1 radical (unpaired) electrons. The molecule has 5 heavy (non-hydrogen) atoms. The molecule has 1 aliphatic rings. The second-order valence-electron chi connectivity index (χ2n) is 1.00. The summed E-state index contributed by atoms with van der Waals surface area (Å²) in [7, 11) is 2.07. The van der Waals surface area contributed by atoms with Crippen molar-refractivity contribution in [1.29, 1.82) is 0 Å². The summed E-state index contributed by atoms with van der Waals surface area (Å²) in [4.78, 5) is 0. The lowest BCUT2D eigenvalue weighted by Crippen LogP contribution is -2.02. The normalized spacial score (nSPS) is 17.6. The van der Waals surface area contributed by atoms with E-state index in [0.29, 0.717) is 0 Å².